The maximum atomic E-state index is 14.3. The number of hydrogen-bond acceptors (Lipinski definition) is 8. The number of methoxy groups -OCH3 is 1. The summed E-state index contributed by atoms with van der Waals surface area (Å²) in [4.78, 5) is 46.2. The van der Waals surface area contributed by atoms with Gasteiger partial charge in [-0.3, -0.25) is 9.59 Å². The van der Waals surface area contributed by atoms with Crippen LogP contribution in [0.5, 0.6) is 5.75 Å². The molecular formula is C36H38N4O5S. The topological polar surface area (TPSA) is 133 Å². The molecule has 2 aliphatic rings. The fourth-order valence-corrected chi connectivity index (χ4v) is 7.41. The molecule has 1 fully saturated rings. The van der Waals surface area contributed by atoms with Crippen LogP contribution in [0.4, 0.5) is 5.69 Å². The van der Waals surface area contributed by atoms with Crippen LogP contribution in [0.2, 0.25) is 0 Å². The summed E-state index contributed by atoms with van der Waals surface area (Å²) in [5, 5.41) is 8.22. The Bertz CT molecular complexity index is 1800. The second-order valence-corrected chi connectivity index (χ2v) is 12.8. The van der Waals surface area contributed by atoms with Crippen molar-refractivity contribution in [3.63, 3.8) is 0 Å². The molecule has 2 amide bonds. The highest BCUT2D eigenvalue weighted by Gasteiger charge is 2.28. The third-order valence-electron chi connectivity index (χ3n) is 8.79. The first-order valence-corrected chi connectivity index (χ1v) is 16.5. The monoisotopic (exact) mass is 638 g/mol. The predicted molar refractivity (Wildman–Crippen MR) is 180 cm³/mol. The number of rotatable bonds is 7. The zero-order chi connectivity index (χ0) is 32.4. The van der Waals surface area contributed by atoms with Gasteiger partial charge in [0.25, 0.3) is 11.8 Å². The standard InChI is InChI=1S/C36H38N4O5S/c1-20-15-22(19-37)16-21(2)31(20)40-34(41)27-17-28-30(45-13-11-23-12-14-46-33(23)28)18-26(27)25-9-10-29(39-32(25)36(43)44-3)35(42)38-24-7-5-4-6-8-24/h9-10,12,14-18,24H,4-8,11,13,19,37H2,1-3H3,(H,38,42)(H,40,41). The summed E-state index contributed by atoms with van der Waals surface area (Å²) >= 11 is 1.59. The molecule has 238 valence electrons. The normalized spacial score (nSPS) is 14.3. The SMILES string of the molecule is COC(=O)c1nc(C(=O)NC2CCCCC2)ccc1-c1cc2c(cc1C(=O)Nc1c(C)cc(CN)cc1C)-c1sccc1CCO2. The Hall–Kier alpha value is -4.54. The molecule has 2 aromatic heterocycles. The number of anilines is 1. The third-order valence-corrected chi connectivity index (χ3v) is 9.78. The van der Waals surface area contributed by atoms with Gasteiger partial charge in [0, 0.05) is 51.8 Å². The van der Waals surface area contributed by atoms with Crippen molar-refractivity contribution in [3.8, 4) is 27.3 Å². The Labute approximate surface area is 272 Å². The van der Waals surface area contributed by atoms with Gasteiger partial charge in [-0.2, -0.15) is 0 Å². The summed E-state index contributed by atoms with van der Waals surface area (Å²) in [6, 6.07) is 12.9. The molecule has 9 nitrogen and oxygen atoms in total. The van der Waals surface area contributed by atoms with Crippen molar-refractivity contribution in [2.75, 3.05) is 19.0 Å². The van der Waals surface area contributed by atoms with Crippen LogP contribution in [0.15, 0.2) is 47.8 Å². The molecule has 0 spiro atoms. The molecule has 0 unspecified atom stereocenters. The summed E-state index contributed by atoms with van der Waals surface area (Å²) in [6.07, 6.45) is 5.87. The van der Waals surface area contributed by atoms with Crippen molar-refractivity contribution in [3.05, 3.63) is 87.0 Å². The van der Waals surface area contributed by atoms with Crippen LogP contribution >= 0.6 is 11.3 Å². The zero-order valence-electron chi connectivity index (χ0n) is 26.3. The van der Waals surface area contributed by atoms with Gasteiger partial charge in [-0.25, -0.2) is 9.78 Å². The highest BCUT2D eigenvalue weighted by atomic mass is 32.1. The van der Waals surface area contributed by atoms with E-state index in [1.54, 1.807) is 29.5 Å². The van der Waals surface area contributed by atoms with Crippen molar-refractivity contribution in [1.29, 1.82) is 0 Å². The number of aromatic nitrogens is 1. The molecule has 3 heterocycles. The van der Waals surface area contributed by atoms with E-state index in [1.165, 1.54) is 7.11 Å². The number of aryl methyl sites for hydroxylation is 2. The first kappa shape index (κ1) is 31.4. The van der Waals surface area contributed by atoms with E-state index in [2.05, 4.69) is 21.7 Å². The third kappa shape index (κ3) is 6.27. The van der Waals surface area contributed by atoms with Gasteiger partial charge in [-0.1, -0.05) is 31.4 Å². The summed E-state index contributed by atoms with van der Waals surface area (Å²) in [5.74, 6) is -0.817. The Kier molecular flexibility index (Phi) is 9.19. The molecule has 1 aliphatic carbocycles. The number of nitrogens with two attached hydrogens (primary N) is 1. The van der Waals surface area contributed by atoms with Crippen molar-refractivity contribution in [2.24, 2.45) is 5.73 Å². The Morgan fingerprint density at radius 1 is 0.978 bits per heavy atom. The molecule has 4 aromatic rings. The van der Waals surface area contributed by atoms with Gasteiger partial charge in [0.1, 0.15) is 11.4 Å². The van der Waals surface area contributed by atoms with Crippen LogP contribution < -0.4 is 21.1 Å². The van der Waals surface area contributed by atoms with Crippen molar-refractivity contribution < 1.29 is 23.9 Å². The zero-order valence-corrected chi connectivity index (χ0v) is 27.1. The predicted octanol–water partition coefficient (Wildman–Crippen LogP) is 6.59. The molecule has 4 N–H and O–H groups in total. The van der Waals surface area contributed by atoms with Gasteiger partial charge in [0.2, 0.25) is 0 Å². The molecule has 0 atom stereocenters. The van der Waals surface area contributed by atoms with Crippen LogP contribution in [0.25, 0.3) is 21.6 Å². The van der Waals surface area contributed by atoms with E-state index in [-0.39, 0.29) is 29.2 Å². The quantitative estimate of drug-likeness (QED) is 0.195. The number of thiophene rings is 1. The number of benzene rings is 2. The van der Waals surface area contributed by atoms with E-state index in [0.29, 0.717) is 41.3 Å². The Balaban J connectivity index is 1.47. The molecular weight excluding hydrogens is 600 g/mol. The number of ether oxygens (including phenoxy) is 2. The lowest BCUT2D eigenvalue weighted by atomic mass is 9.93. The lowest BCUT2D eigenvalue weighted by Crippen LogP contribution is -2.36. The van der Waals surface area contributed by atoms with Crippen LogP contribution in [0, 0.1) is 13.8 Å². The average Bonchev–Trinajstić information content (AvgIpc) is 3.47. The summed E-state index contributed by atoms with van der Waals surface area (Å²) < 4.78 is 11.3. The molecule has 2 aromatic carbocycles. The molecule has 46 heavy (non-hydrogen) atoms. The molecule has 10 heteroatoms. The molecule has 1 saturated carbocycles. The number of nitrogens with zero attached hydrogens (tertiary/aromatic N) is 1. The van der Waals surface area contributed by atoms with Crippen molar-refractivity contribution in [2.45, 2.75) is 65.0 Å². The number of esters is 1. The minimum Gasteiger partial charge on any atom is -0.493 e. The van der Waals surface area contributed by atoms with Gasteiger partial charge in [-0.15, -0.1) is 11.3 Å². The van der Waals surface area contributed by atoms with Gasteiger partial charge < -0.3 is 25.8 Å². The van der Waals surface area contributed by atoms with Crippen LogP contribution in [0.3, 0.4) is 0 Å². The van der Waals surface area contributed by atoms with Gasteiger partial charge in [-0.05, 0) is 84.7 Å². The molecule has 0 bridgehead atoms. The number of fused-ring (bicyclic) bond motifs is 3. The average molecular weight is 639 g/mol. The van der Waals surface area contributed by atoms with Crippen LogP contribution in [0.1, 0.15) is 85.7 Å². The fraction of sp³-hybridized carbons (Fsp3) is 0.333. The molecule has 1 aliphatic heterocycles. The number of pyridine rings is 1. The van der Waals surface area contributed by atoms with Gasteiger partial charge >= 0.3 is 5.97 Å². The summed E-state index contributed by atoms with van der Waals surface area (Å²) in [6.45, 7) is 4.73. The van der Waals surface area contributed by atoms with E-state index in [1.807, 2.05) is 37.4 Å². The van der Waals surface area contributed by atoms with Crippen molar-refractivity contribution >= 4 is 34.8 Å². The lowest BCUT2D eigenvalue weighted by molar-refractivity contribution is 0.0594. The van der Waals surface area contributed by atoms with Crippen molar-refractivity contribution in [1.82, 2.24) is 10.3 Å². The smallest absolute Gasteiger partial charge is 0.357 e. The van der Waals surface area contributed by atoms with E-state index >= 15 is 0 Å². The number of hydrogen-bond donors (Lipinski definition) is 3. The number of amides is 2. The van der Waals surface area contributed by atoms with Crippen LogP contribution in [-0.2, 0) is 17.7 Å². The first-order chi connectivity index (χ1) is 22.3. The minimum absolute atomic E-state index is 0.0575. The highest BCUT2D eigenvalue weighted by Crippen LogP contribution is 2.43. The number of nitrogens with one attached hydrogen (secondary N) is 2. The largest absolute Gasteiger partial charge is 0.493 e. The highest BCUT2D eigenvalue weighted by molar-refractivity contribution is 7.13. The first-order valence-electron chi connectivity index (χ1n) is 15.7. The summed E-state index contributed by atoms with van der Waals surface area (Å²) in [7, 11) is 1.27. The number of carbonyl (C=O) groups is 3. The van der Waals surface area contributed by atoms with Crippen LogP contribution in [-0.4, -0.2) is 42.5 Å². The lowest BCUT2D eigenvalue weighted by Gasteiger charge is -2.22. The Morgan fingerprint density at radius 2 is 1.74 bits per heavy atom. The van der Waals surface area contributed by atoms with Gasteiger partial charge in [0.15, 0.2) is 5.69 Å². The van der Waals surface area contributed by atoms with E-state index < -0.39 is 5.97 Å². The minimum atomic E-state index is -0.714. The van der Waals surface area contributed by atoms with Gasteiger partial charge in [0.05, 0.1) is 13.7 Å². The Morgan fingerprint density at radius 3 is 2.46 bits per heavy atom. The fourth-order valence-electron chi connectivity index (χ4n) is 6.44. The maximum absolute atomic E-state index is 14.3. The molecule has 6 rings (SSSR count). The maximum Gasteiger partial charge on any atom is 0.357 e. The van der Waals surface area contributed by atoms with E-state index in [4.69, 9.17) is 15.2 Å². The van der Waals surface area contributed by atoms with E-state index in [9.17, 15) is 14.4 Å². The number of carbonyl (C=O) groups excluding carboxylic acids is 3. The second-order valence-electron chi connectivity index (χ2n) is 11.9. The van der Waals surface area contributed by atoms with E-state index in [0.717, 1.165) is 71.2 Å². The second kappa shape index (κ2) is 13.4. The molecule has 0 radical (unpaired) electrons. The summed E-state index contributed by atoms with van der Waals surface area (Å²) in [5.41, 5.74) is 12.5. The molecule has 0 saturated heterocycles.